The maximum Gasteiger partial charge on any atom is 0.255 e. The number of rotatable bonds is 5. The molecule has 1 aliphatic heterocycles. The maximum atomic E-state index is 12.8. The molecule has 0 radical (unpaired) electrons. The first-order chi connectivity index (χ1) is 12.2. The Kier molecular flexibility index (Phi) is 6.05. The summed E-state index contributed by atoms with van der Waals surface area (Å²) in [6, 6.07) is 14.4. The standard InChI is InChI=1S/C20H24ClN3O/c1-2-6-18-15-24(20(25)17-9-10-19(21)22-13-17)12-11-23(18)14-16-7-4-3-5-8-16/h3-5,7-10,13,18H,2,6,11-12,14-15H2,1H3. The van der Waals surface area contributed by atoms with E-state index in [0.717, 1.165) is 39.0 Å². The molecule has 0 saturated carbocycles. The molecule has 25 heavy (non-hydrogen) atoms. The van der Waals surface area contributed by atoms with E-state index >= 15 is 0 Å². The summed E-state index contributed by atoms with van der Waals surface area (Å²) in [6.45, 7) is 5.55. The van der Waals surface area contributed by atoms with E-state index in [-0.39, 0.29) is 5.91 Å². The Morgan fingerprint density at radius 2 is 2.00 bits per heavy atom. The van der Waals surface area contributed by atoms with Gasteiger partial charge in [0.1, 0.15) is 5.15 Å². The maximum absolute atomic E-state index is 12.8. The zero-order chi connectivity index (χ0) is 17.6. The van der Waals surface area contributed by atoms with Crippen LogP contribution in [0, 0.1) is 0 Å². The van der Waals surface area contributed by atoms with E-state index in [2.05, 4.69) is 41.1 Å². The largest absolute Gasteiger partial charge is 0.336 e. The monoisotopic (exact) mass is 357 g/mol. The van der Waals surface area contributed by atoms with Gasteiger partial charge in [-0.15, -0.1) is 0 Å². The first-order valence-electron chi connectivity index (χ1n) is 8.86. The highest BCUT2D eigenvalue weighted by atomic mass is 35.5. The summed E-state index contributed by atoms with van der Waals surface area (Å²) in [6.07, 6.45) is 3.77. The van der Waals surface area contributed by atoms with E-state index in [0.29, 0.717) is 16.8 Å². The van der Waals surface area contributed by atoms with E-state index in [1.54, 1.807) is 18.3 Å². The molecule has 5 heteroatoms. The van der Waals surface area contributed by atoms with Crippen molar-refractivity contribution in [2.45, 2.75) is 32.4 Å². The Labute approximate surface area is 154 Å². The fraction of sp³-hybridized carbons (Fsp3) is 0.400. The number of nitrogens with zero attached hydrogens (tertiary/aromatic N) is 3. The normalized spacial score (nSPS) is 18.3. The fourth-order valence-corrected chi connectivity index (χ4v) is 3.51. The van der Waals surface area contributed by atoms with Crippen molar-refractivity contribution in [1.29, 1.82) is 0 Å². The lowest BCUT2D eigenvalue weighted by Gasteiger charge is -2.41. The second-order valence-corrected chi connectivity index (χ2v) is 6.91. The molecule has 1 aromatic heterocycles. The second-order valence-electron chi connectivity index (χ2n) is 6.52. The molecule has 2 heterocycles. The number of carbonyl (C=O) groups excluding carboxylic acids is 1. The topological polar surface area (TPSA) is 36.4 Å². The number of hydrogen-bond donors (Lipinski definition) is 0. The van der Waals surface area contributed by atoms with Gasteiger partial charge < -0.3 is 4.90 Å². The van der Waals surface area contributed by atoms with Crippen LogP contribution in [0.5, 0.6) is 0 Å². The highest BCUT2D eigenvalue weighted by Crippen LogP contribution is 2.19. The molecule has 3 rings (SSSR count). The van der Waals surface area contributed by atoms with Crippen LogP contribution < -0.4 is 0 Å². The van der Waals surface area contributed by atoms with Gasteiger partial charge in [0.15, 0.2) is 0 Å². The van der Waals surface area contributed by atoms with Gasteiger partial charge in [-0.25, -0.2) is 4.98 Å². The van der Waals surface area contributed by atoms with Crippen LogP contribution in [0.1, 0.15) is 35.7 Å². The summed E-state index contributed by atoms with van der Waals surface area (Å²) in [4.78, 5) is 21.2. The SMILES string of the molecule is CCCC1CN(C(=O)c2ccc(Cl)nc2)CCN1Cc1ccccc1. The van der Waals surface area contributed by atoms with E-state index < -0.39 is 0 Å². The van der Waals surface area contributed by atoms with Crippen molar-refractivity contribution in [3.63, 3.8) is 0 Å². The summed E-state index contributed by atoms with van der Waals surface area (Å²) in [5.41, 5.74) is 1.93. The number of pyridine rings is 1. The Morgan fingerprint density at radius 3 is 2.68 bits per heavy atom. The third-order valence-corrected chi connectivity index (χ3v) is 4.94. The molecule has 0 spiro atoms. The average Bonchev–Trinajstić information content (AvgIpc) is 2.64. The van der Waals surface area contributed by atoms with Crippen LogP contribution in [0.2, 0.25) is 5.15 Å². The molecule has 4 nitrogen and oxygen atoms in total. The van der Waals surface area contributed by atoms with Gasteiger partial charge in [-0.1, -0.05) is 55.3 Å². The number of amides is 1. The van der Waals surface area contributed by atoms with Crippen molar-refractivity contribution in [1.82, 2.24) is 14.8 Å². The van der Waals surface area contributed by atoms with E-state index in [9.17, 15) is 4.79 Å². The fourth-order valence-electron chi connectivity index (χ4n) is 3.40. The van der Waals surface area contributed by atoms with Crippen LogP contribution in [0.3, 0.4) is 0 Å². The lowest BCUT2D eigenvalue weighted by Crippen LogP contribution is -2.54. The first-order valence-corrected chi connectivity index (χ1v) is 9.24. The Hall–Kier alpha value is -1.91. The molecule has 0 bridgehead atoms. The molecular weight excluding hydrogens is 334 g/mol. The highest BCUT2D eigenvalue weighted by molar-refractivity contribution is 6.29. The number of halogens is 1. The third kappa shape index (κ3) is 4.59. The first kappa shape index (κ1) is 17.9. The van der Waals surface area contributed by atoms with E-state index in [1.165, 1.54) is 5.56 Å². The van der Waals surface area contributed by atoms with Crippen molar-refractivity contribution >= 4 is 17.5 Å². The minimum atomic E-state index is 0.0460. The van der Waals surface area contributed by atoms with Crippen LogP contribution in [0.4, 0.5) is 0 Å². The minimum absolute atomic E-state index is 0.0460. The highest BCUT2D eigenvalue weighted by Gasteiger charge is 2.29. The zero-order valence-corrected chi connectivity index (χ0v) is 15.3. The predicted octanol–water partition coefficient (Wildman–Crippen LogP) is 3.86. The van der Waals surface area contributed by atoms with Crippen LogP contribution in [-0.2, 0) is 6.54 Å². The van der Waals surface area contributed by atoms with E-state index in [4.69, 9.17) is 11.6 Å². The molecule has 1 fully saturated rings. The van der Waals surface area contributed by atoms with Crippen LogP contribution in [0.25, 0.3) is 0 Å². The summed E-state index contributed by atoms with van der Waals surface area (Å²) in [5.74, 6) is 0.0460. The zero-order valence-electron chi connectivity index (χ0n) is 14.6. The molecule has 1 unspecified atom stereocenters. The molecule has 2 aromatic rings. The van der Waals surface area contributed by atoms with Crippen LogP contribution in [0.15, 0.2) is 48.7 Å². The van der Waals surface area contributed by atoms with Gasteiger partial charge in [-0.2, -0.15) is 0 Å². The second kappa shape index (κ2) is 8.45. The lowest BCUT2D eigenvalue weighted by molar-refractivity contribution is 0.0437. The molecule has 1 saturated heterocycles. The van der Waals surface area contributed by atoms with Gasteiger partial charge in [-0.3, -0.25) is 9.69 Å². The summed E-state index contributed by atoms with van der Waals surface area (Å²) in [7, 11) is 0. The van der Waals surface area contributed by atoms with Gasteiger partial charge in [0.05, 0.1) is 5.56 Å². The van der Waals surface area contributed by atoms with Gasteiger partial charge in [0.2, 0.25) is 0 Å². The van der Waals surface area contributed by atoms with Crippen molar-refractivity contribution in [3.8, 4) is 0 Å². The molecule has 132 valence electrons. The van der Waals surface area contributed by atoms with Gasteiger partial charge in [-0.05, 0) is 24.1 Å². The Morgan fingerprint density at radius 1 is 1.20 bits per heavy atom. The molecule has 1 amide bonds. The van der Waals surface area contributed by atoms with Gasteiger partial charge in [0.25, 0.3) is 5.91 Å². The number of piperazine rings is 1. The van der Waals surface area contributed by atoms with Crippen molar-refractivity contribution in [2.24, 2.45) is 0 Å². The molecule has 1 atom stereocenters. The van der Waals surface area contributed by atoms with Crippen LogP contribution >= 0.6 is 11.6 Å². The van der Waals surface area contributed by atoms with Crippen LogP contribution in [-0.4, -0.2) is 46.4 Å². The summed E-state index contributed by atoms with van der Waals surface area (Å²) < 4.78 is 0. The average molecular weight is 358 g/mol. The molecular formula is C20H24ClN3O. The molecule has 1 aliphatic rings. The van der Waals surface area contributed by atoms with Crippen molar-refractivity contribution in [2.75, 3.05) is 19.6 Å². The molecule has 1 aromatic carbocycles. The number of carbonyl (C=O) groups is 1. The Bertz CT molecular complexity index is 690. The van der Waals surface area contributed by atoms with Crippen molar-refractivity contribution in [3.05, 3.63) is 64.9 Å². The quantitative estimate of drug-likeness (QED) is 0.762. The summed E-state index contributed by atoms with van der Waals surface area (Å²) in [5, 5.41) is 0.410. The smallest absolute Gasteiger partial charge is 0.255 e. The summed E-state index contributed by atoms with van der Waals surface area (Å²) >= 11 is 5.82. The third-order valence-electron chi connectivity index (χ3n) is 4.72. The number of aromatic nitrogens is 1. The minimum Gasteiger partial charge on any atom is -0.336 e. The number of hydrogen-bond acceptors (Lipinski definition) is 3. The van der Waals surface area contributed by atoms with Gasteiger partial charge in [0, 0.05) is 38.4 Å². The molecule has 0 aliphatic carbocycles. The van der Waals surface area contributed by atoms with Gasteiger partial charge >= 0.3 is 0 Å². The van der Waals surface area contributed by atoms with Crippen molar-refractivity contribution < 1.29 is 4.79 Å². The molecule has 0 N–H and O–H groups in total. The van der Waals surface area contributed by atoms with E-state index in [1.807, 2.05) is 11.0 Å². The Balaban J connectivity index is 1.68. The predicted molar refractivity (Wildman–Crippen MR) is 101 cm³/mol. The lowest BCUT2D eigenvalue weighted by atomic mass is 10.0. The number of benzene rings is 1.